The number of nitrogens with one attached hydrogen (secondary N) is 1. The molecule has 6 rings (SSSR count). The first-order valence-electron chi connectivity index (χ1n) is 13.6. The van der Waals surface area contributed by atoms with Crippen molar-refractivity contribution in [2.45, 2.75) is 69.6 Å². The summed E-state index contributed by atoms with van der Waals surface area (Å²) in [5, 5.41) is 16.5. The van der Waals surface area contributed by atoms with Crippen LogP contribution in [0.1, 0.15) is 74.8 Å². The van der Waals surface area contributed by atoms with Crippen LogP contribution in [0.5, 0.6) is 0 Å². The number of rotatable bonds is 4. The van der Waals surface area contributed by atoms with E-state index in [0.29, 0.717) is 19.5 Å². The second kappa shape index (κ2) is 11.6. The average Bonchev–Trinajstić information content (AvgIpc) is 3.41. The van der Waals surface area contributed by atoms with Gasteiger partial charge in [-0.25, -0.2) is 9.97 Å². The number of fused-ring (bicyclic) bond motifs is 2. The van der Waals surface area contributed by atoms with Crippen molar-refractivity contribution in [1.82, 2.24) is 20.2 Å². The molecule has 0 bridgehead atoms. The Kier molecular flexibility index (Phi) is 8.76. The summed E-state index contributed by atoms with van der Waals surface area (Å²) >= 11 is 0. The number of nitrogens with zero attached hydrogens (tertiary/aromatic N) is 4. The van der Waals surface area contributed by atoms with Gasteiger partial charge in [-0.3, -0.25) is 4.79 Å². The molecule has 1 amide bonds. The quantitative estimate of drug-likeness (QED) is 0.459. The van der Waals surface area contributed by atoms with Crippen molar-refractivity contribution in [2.24, 2.45) is 0 Å². The molecule has 0 radical (unpaired) electrons. The summed E-state index contributed by atoms with van der Waals surface area (Å²) in [6.07, 6.45) is 3.79. The fourth-order valence-electron chi connectivity index (χ4n) is 6.75. The van der Waals surface area contributed by atoms with E-state index < -0.39 is 6.10 Å². The van der Waals surface area contributed by atoms with E-state index in [-0.39, 0.29) is 54.1 Å². The Balaban J connectivity index is 0.00000176. The van der Waals surface area contributed by atoms with Crippen molar-refractivity contribution in [3.8, 4) is 0 Å². The van der Waals surface area contributed by atoms with Gasteiger partial charge in [0, 0.05) is 43.3 Å². The fourth-order valence-corrected chi connectivity index (χ4v) is 6.75. The molecule has 1 aromatic heterocycles. The van der Waals surface area contributed by atoms with Crippen LogP contribution in [0.25, 0.3) is 10.8 Å². The summed E-state index contributed by atoms with van der Waals surface area (Å²) in [4.78, 5) is 27.6. The second-order valence-electron chi connectivity index (χ2n) is 11.7. The summed E-state index contributed by atoms with van der Waals surface area (Å²) in [6, 6.07) is 14.9. The molecule has 2 saturated heterocycles. The molecule has 2 aromatic carbocycles. The molecule has 39 heavy (non-hydrogen) atoms. The minimum Gasteiger partial charge on any atom is -0.387 e. The third-order valence-corrected chi connectivity index (χ3v) is 8.65. The van der Waals surface area contributed by atoms with Crippen LogP contribution in [0.2, 0.25) is 0 Å². The highest BCUT2D eigenvalue weighted by atomic mass is 35.5. The topological polar surface area (TPSA) is 81.6 Å². The maximum atomic E-state index is 14.3. The van der Waals surface area contributed by atoms with Gasteiger partial charge in [0.2, 0.25) is 5.91 Å². The van der Waals surface area contributed by atoms with Gasteiger partial charge in [0.25, 0.3) is 0 Å². The highest BCUT2D eigenvalue weighted by Crippen LogP contribution is 2.43. The number of halogens is 2. The summed E-state index contributed by atoms with van der Waals surface area (Å²) < 4.78 is 0. The van der Waals surface area contributed by atoms with Crippen LogP contribution in [0.15, 0.2) is 48.8 Å². The molecule has 3 aliphatic rings. The van der Waals surface area contributed by atoms with E-state index in [0.717, 1.165) is 54.0 Å². The SMILES string of the molecule is C[C@@H]1C[C@@H](O)c2ncnc(N3CCN(C(=O)C(c4cccc5ccccc45)C4CCC(C)(C)N4)CC3)c21.Cl.Cl. The van der Waals surface area contributed by atoms with Crippen molar-refractivity contribution in [2.75, 3.05) is 31.1 Å². The Hall–Kier alpha value is -2.45. The standard InChI is InChI=1S/C30H37N5O2.2ClH/c1-19-17-24(36)27-25(19)28(32-18-31-27)34-13-15-35(16-14-34)29(37)26(23-11-12-30(2,3)33-23)22-10-6-8-20-7-4-5-9-21(20)22;;/h4-10,18-19,23-24,26,33,36H,11-17H2,1-3H3;2*1H/t19-,23?,24-,26?;;/m1../s1. The number of aliphatic hydroxyl groups excluding tert-OH is 1. The summed E-state index contributed by atoms with van der Waals surface area (Å²) in [6.45, 7) is 9.36. The number of aromatic nitrogens is 2. The van der Waals surface area contributed by atoms with Crippen molar-refractivity contribution < 1.29 is 9.90 Å². The minimum absolute atomic E-state index is 0. The number of anilines is 1. The molecule has 2 aliphatic heterocycles. The molecular weight excluding hydrogens is 533 g/mol. The van der Waals surface area contributed by atoms with Gasteiger partial charge in [0.15, 0.2) is 0 Å². The lowest BCUT2D eigenvalue weighted by molar-refractivity contribution is -0.133. The molecule has 210 valence electrons. The van der Waals surface area contributed by atoms with E-state index in [2.05, 4.69) is 88.3 Å². The minimum atomic E-state index is -0.515. The van der Waals surface area contributed by atoms with E-state index in [1.54, 1.807) is 6.33 Å². The van der Waals surface area contributed by atoms with Gasteiger partial charge in [0.05, 0.1) is 17.7 Å². The highest BCUT2D eigenvalue weighted by molar-refractivity contribution is 5.93. The monoisotopic (exact) mass is 571 g/mol. The van der Waals surface area contributed by atoms with Gasteiger partial charge in [-0.1, -0.05) is 49.4 Å². The van der Waals surface area contributed by atoms with Crippen LogP contribution in [-0.2, 0) is 4.79 Å². The smallest absolute Gasteiger partial charge is 0.231 e. The average molecular weight is 573 g/mol. The lowest BCUT2D eigenvalue weighted by Gasteiger charge is -2.39. The van der Waals surface area contributed by atoms with Gasteiger partial charge >= 0.3 is 0 Å². The summed E-state index contributed by atoms with van der Waals surface area (Å²) in [7, 11) is 0. The van der Waals surface area contributed by atoms with Crippen LogP contribution in [0.3, 0.4) is 0 Å². The Morgan fingerprint density at radius 1 is 1.05 bits per heavy atom. The van der Waals surface area contributed by atoms with Gasteiger partial charge < -0.3 is 20.2 Å². The molecule has 2 unspecified atom stereocenters. The Morgan fingerprint density at radius 2 is 1.77 bits per heavy atom. The maximum absolute atomic E-state index is 14.3. The molecule has 0 spiro atoms. The Morgan fingerprint density at radius 3 is 2.49 bits per heavy atom. The fraction of sp³-hybridized carbons (Fsp3) is 0.500. The van der Waals surface area contributed by atoms with Crippen molar-refractivity contribution in [1.29, 1.82) is 0 Å². The number of hydrogen-bond acceptors (Lipinski definition) is 6. The lowest BCUT2D eigenvalue weighted by Crippen LogP contribution is -2.53. The van der Waals surface area contributed by atoms with Gasteiger partial charge in [-0.15, -0.1) is 24.8 Å². The molecule has 7 nitrogen and oxygen atoms in total. The number of amides is 1. The summed E-state index contributed by atoms with van der Waals surface area (Å²) in [5.74, 6) is 1.14. The maximum Gasteiger partial charge on any atom is 0.231 e. The molecular formula is C30H39Cl2N5O2. The molecule has 3 aromatic rings. The molecule has 9 heteroatoms. The largest absolute Gasteiger partial charge is 0.387 e. The second-order valence-corrected chi connectivity index (χ2v) is 11.7. The van der Waals surface area contributed by atoms with Gasteiger partial charge in [-0.2, -0.15) is 0 Å². The number of carbonyl (C=O) groups excluding carboxylic acids is 1. The Labute approximate surface area is 243 Å². The number of benzene rings is 2. The van der Waals surface area contributed by atoms with E-state index in [1.165, 1.54) is 5.39 Å². The van der Waals surface area contributed by atoms with E-state index >= 15 is 0 Å². The van der Waals surface area contributed by atoms with Crippen molar-refractivity contribution >= 4 is 47.3 Å². The number of aliphatic hydroxyl groups is 1. The van der Waals surface area contributed by atoms with Crippen molar-refractivity contribution in [3.05, 3.63) is 65.6 Å². The highest BCUT2D eigenvalue weighted by Gasteiger charge is 2.42. The number of piperazine rings is 1. The molecule has 0 saturated carbocycles. The van der Waals surface area contributed by atoms with E-state index in [4.69, 9.17) is 0 Å². The first kappa shape index (κ1) is 29.5. The summed E-state index contributed by atoms with van der Waals surface area (Å²) in [5.41, 5.74) is 2.99. The zero-order valence-corrected chi connectivity index (χ0v) is 24.5. The number of hydrogen-bond donors (Lipinski definition) is 2. The number of carbonyl (C=O) groups is 1. The molecule has 2 fully saturated rings. The van der Waals surface area contributed by atoms with Crippen LogP contribution in [0.4, 0.5) is 5.82 Å². The van der Waals surface area contributed by atoms with Crippen LogP contribution in [-0.4, -0.2) is 63.6 Å². The molecule has 1 aliphatic carbocycles. The Bertz CT molecular complexity index is 1320. The van der Waals surface area contributed by atoms with Crippen LogP contribution in [0, 0.1) is 0 Å². The predicted octanol–water partition coefficient (Wildman–Crippen LogP) is 4.98. The van der Waals surface area contributed by atoms with Crippen molar-refractivity contribution in [3.63, 3.8) is 0 Å². The zero-order valence-electron chi connectivity index (χ0n) is 22.8. The lowest BCUT2D eigenvalue weighted by atomic mass is 9.85. The normalized spacial score (nSPS) is 24.6. The van der Waals surface area contributed by atoms with Crippen LogP contribution >= 0.6 is 24.8 Å². The van der Waals surface area contributed by atoms with Gasteiger partial charge in [0.1, 0.15) is 12.1 Å². The van der Waals surface area contributed by atoms with E-state index in [1.807, 2.05) is 0 Å². The zero-order chi connectivity index (χ0) is 25.7. The predicted molar refractivity (Wildman–Crippen MR) is 160 cm³/mol. The first-order valence-corrected chi connectivity index (χ1v) is 13.6. The first-order chi connectivity index (χ1) is 17.8. The molecule has 2 N–H and O–H groups in total. The van der Waals surface area contributed by atoms with Crippen LogP contribution < -0.4 is 10.2 Å². The third-order valence-electron chi connectivity index (χ3n) is 8.65. The van der Waals surface area contributed by atoms with Gasteiger partial charge in [-0.05, 0) is 55.4 Å². The van der Waals surface area contributed by atoms with E-state index in [9.17, 15) is 9.90 Å². The molecule has 3 heterocycles. The molecule has 4 atom stereocenters. The third kappa shape index (κ3) is 5.47.